The van der Waals surface area contributed by atoms with Gasteiger partial charge in [-0.05, 0) is 0 Å². The molecule has 0 saturated carbocycles. The van der Waals surface area contributed by atoms with E-state index in [2.05, 4.69) is 130 Å². The van der Waals surface area contributed by atoms with Gasteiger partial charge in [0, 0.05) is 0 Å². The maximum absolute atomic E-state index is 2.20. The molecule has 0 heterocycles. The summed E-state index contributed by atoms with van der Waals surface area (Å²) in [6.07, 6.45) is 0. The van der Waals surface area contributed by atoms with E-state index in [0.717, 1.165) is 0 Å². The predicted molar refractivity (Wildman–Crippen MR) is 148 cm³/mol. The minimum atomic E-state index is 0. The van der Waals surface area contributed by atoms with Gasteiger partial charge in [0.25, 0.3) is 0 Å². The molecular formula is C33H40Cl2Zr-2. The summed E-state index contributed by atoms with van der Waals surface area (Å²) < 4.78 is 1.42. The van der Waals surface area contributed by atoms with E-state index in [4.69, 9.17) is 0 Å². The van der Waals surface area contributed by atoms with E-state index in [9.17, 15) is 0 Å². The standard InChI is InChI=1S/C13H10.2C10H15.2ClH.Zr/c1-3-7-12(8-4-1)11-13-9-5-2-6-10-13;2*1-6-7(2)9(4)10(5)8(6)3;;;/h1-10H;2*1-5H3;2*1H;/q;2*-1;;;+2/p-2. The average Bonchev–Trinajstić information content (AvgIpc) is 3.15. The van der Waals surface area contributed by atoms with Crippen LogP contribution in [0.2, 0.25) is 0 Å². The van der Waals surface area contributed by atoms with E-state index in [1.54, 1.807) is 0 Å². The Morgan fingerprint density at radius 3 is 0.861 bits per heavy atom. The van der Waals surface area contributed by atoms with Gasteiger partial charge in [0.05, 0.1) is 0 Å². The molecule has 4 aromatic carbocycles. The van der Waals surface area contributed by atoms with Gasteiger partial charge in [-0.3, -0.25) is 0 Å². The molecule has 3 heteroatoms. The Bertz CT molecular complexity index is 984. The van der Waals surface area contributed by atoms with Gasteiger partial charge < -0.3 is 24.8 Å². The first-order chi connectivity index (χ1) is 16.0. The third-order valence-corrected chi connectivity index (χ3v) is 9.17. The molecule has 0 radical (unpaired) electrons. The Morgan fingerprint density at radius 2 is 0.694 bits per heavy atom. The van der Waals surface area contributed by atoms with Crippen LogP contribution < -0.4 is 24.8 Å². The normalized spacial score (nSPS) is 9.67. The predicted octanol–water partition coefficient (Wildman–Crippen LogP) is 2.71. The summed E-state index contributed by atoms with van der Waals surface area (Å²) in [5.74, 6) is 0. The molecule has 4 rings (SSSR count). The number of benzene rings is 2. The molecule has 0 N–H and O–H groups in total. The number of halogens is 2. The van der Waals surface area contributed by atoms with Crippen molar-refractivity contribution in [2.45, 2.75) is 69.2 Å². The molecular weight excluding hydrogens is 558 g/mol. The van der Waals surface area contributed by atoms with Crippen LogP contribution in [-0.2, 0) is 24.2 Å². The van der Waals surface area contributed by atoms with Gasteiger partial charge in [0.15, 0.2) is 0 Å². The second kappa shape index (κ2) is 15.7. The van der Waals surface area contributed by atoms with E-state index in [1.807, 2.05) is 0 Å². The van der Waals surface area contributed by atoms with Gasteiger partial charge in [0.1, 0.15) is 0 Å². The van der Waals surface area contributed by atoms with Gasteiger partial charge in [-0.15, -0.1) is 0 Å². The summed E-state index contributed by atoms with van der Waals surface area (Å²) >= 11 is 1.46. The van der Waals surface area contributed by atoms with Gasteiger partial charge >= 0.3 is 99.2 Å². The summed E-state index contributed by atoms with van der Waals surface area (Å²) in [6.45, 7) is 22.0. The van der Waals surface area contributed by atoms with E-state index in [-0.39, 0.29) is 24.8 Å². The number of hydrogen-bond donors (Lipinski definition) is 0. The third-order valence-electron chi connectivity index (χ3n) is 7.75. The quantitative estimate of drug-likeness (QED) is 0.312. The molecule has 0 aliphatic carbocycles. The molecule has 0 spiro atoms. The van der Waals surface area contributed by atoms with Crippen molar-refractivity contribution in [1.82, 2.24) is 0 Å². The number of hydrogen-bond acceptors (Lipinski definition) is 0. The first kappa shape index (κ1) is 34.5. The second-order valence-corrected chi connectivity index (χ2v) is 10.6. The first-order valence-corrected chi connectivity index (χ1v) is 13.3. The van der Waals surface area contributed by atoms with Gasteiger partial charge in [-0.2, -0.15) is 55.6 Å². The second-order valence-electron chi connectivity index (χ2n) is 9.36. The zero-order chi connectivity index (χ0) is 25.6. The van der Waals surface area contributed by atoms with Crippen LogP contribution in [0.5, 0.6) is 0 Å². The minimum absolute atomic E-state index is 0. The Labute approximate surface area is 247 Å². The topological polar surface area (TPSA) is 0 Å². The fourth-order valence-electron chi connectivity index (χ4n) is 4.19. The number of rotatable bonds is 2. The molecule has 0 bridgehead atoms. The fraction of sp³-hybridized carbons (Fsp3) is 0.303. The van der Waals surface area contributed by atoms with Crippen LogP contribution >= 0.6 is 0 Å². The van der Waals surface area contributed by atoms with Crippen molar-refractivity contribution in [2.75, 3.05) is 0 Å². The van der Waals surface area contributed by atoms with Crippen molar-refractivity contribution in [3.05, 3.63) is 127 Å². The molecule has 192 valence electrons. The molecule has 36 heavy (non-hydrogen) atoms. The third kappa shape index (κ3) is 8.24. The van der Waals surface area contributed by atoms with Gasteiger partial charge in [0.2, 0.25) is 0 Å². The molecule has 0 fully saturated rings. The van der Waals surface area contributed by atoms with E-state index in [1.165, 1.54) is 94.2 Å². The molecule has 0 aromatic heterocycles. The van der Waals surface area contributed by atoms with Crippen LogP contribution in [-0.4, -0.2) is 3.21 Å². The Hall–Kier alpha value is -1.53. The molecule has 0 saturated heterocycles. The SMILES string of the molecule is Cc1c(C)c(C)[c-](C)c1C.Cc1c(C)c(C)[c-](C)c1C.[Cl-].[Cl-].[Zr+2]=[C](c1ccccc1)c1ccccc1. The zero-order valence-electron chi connectivity index (χ0n) is 23.5. The Morgan fingerprint density at radius 1 is 0.472 bits per heavy atom. The van der Waals surface area contributed by atoms with Crippen molar-refractivity contribution in [2.24, 2.45) is 0 Å². The van der Waals surface area contributed by atoms with Gasteiger partial charge in [-0.25, -0.2) is 0 Å². The van der Waals surface area contributed by atoms with Crippen molar-refractivity contribution < 1.29 is 49.0 Å². The maximum atomic E-state index is 2.20. The van der Waals surface area contributed by atoms with Crippen molar-refractivity contribution in [3.8, 4) is 0 Å². The summed E-state index contributed by atoms with van der Waals surface area (Å²) in [7, 11) is 0. The van der Waals surface area contributed by atoms with Crippen LogP contribution in [0.4, 0.5) is 0 Å². The van der Waals surface area contributed by atoms with Crippen LogP contribution in [0.15, 0.2) is 60.7 Å². The van der Waals surface area contributed by atoms with E-state index >= 15 is 0 Å². The van der Waals surface area contributed by atoms with Crippen LogP contribution in [0.25, 0.3) is 0 Å². The van der Waals surface area contributed by atoms with Gasteiger partial charge in [-0.1, -0.05) is 69.2 Å². The summed E-state index contributed by atoms with van der Waals surface area (Å²) in [5, 5.41) is 0. The monoisotopic (exact) mass is 596 g/mol. The average molecular weight is 599 g/mol. The van der Waals surface area contributed by atoms with Crippen molar-refractivity contribution in [3.63, 3.8) is 0 Å². The summed E-state index contributed by atoms with van der Waals surface area (Å²) in [5.41, 5.74) is 17.3. The molecule has 4 aromatic rings. The Kier molecular flexibility index (Phi) is 15.0. The van der Waals surface area contributed by atoms with E-state index < -0.39 is 0 Å². The Balaban J connectivity index is 0.000000508. The van der Waals surface area contributed by atoms with E-state index in [0.29, 0.717) is 0 Å². The molecule has 0 nitrogen and oxygen atoms in total. The molecule has 0 aliphatic rings. The van der Waals surface area contributed by atoms with Crippen LogP contribution in [0, 0.1) is 69.2 Å². The van der Waals surface area contributed by atoms with Crippen LogP contribution in [0.1, 0.15) is 66.8 Å². The first-order valence-electron chi connectivity index (χ1n) is 12.1. The van der Waals surface area contributed by atoms with Crippen LogP contribution in [0.3, 0.4) is 0 Å². The molecule has 0 aliphatic heterocycles. The molecule has 0 amide bonds. The van der Waals surface area contributed by atoms with Crippen molar-refractivity contribution >= 4 is 3.21 Å². The molecule has 0 atom stereocenters. The summed E-state index contributed by atoms with van der Waals surface area (Å²) in [4.78, 5) is 0. The van der Waals surface area contributed by atoms with Crippen molar-refractivity contribution in [1.29, 1.82) is 0 Å². The zero-order valence-corrected chi connectivity index (χ0v) is 27.5. The molecule has 0 unspecified atom stereocenters. The fourth-order valence-corrected chi connectivity index (χ4v) is 5.01. The summed E-state index contributed by atoms with van der Waals surface area (Å²) in [6, 6.07) is 21.1.